The fourth-order valence-electron chi connectivity index (χ4n) is 3.33. The Morgan fingerprint density at radius 3 is 2.76 bits per heavy atom. The molecule has 0 aliphatic carbocycles. The largest absolute Gasteiger partial charge is 0.363 e. The van der Waals surface area contributed by atoms with E-state index in [-0.39, 0.29) is 0 Å². The topological polar surface area (TPSA) is 63.6 Å². The molecule has 5 aromatic rings. The highest BCUT2D eigenvalue weighted by molar-refractivity contribution is 7.17. The lowest BCUT2D eigenvalue weighted by molar-refractivity contribution is 1.03. The van der Waals surface area contributed by atoms with Crippen molar-refractivity contribution < 1.29 is 0 Å². The highest BCUT2D eigenvalue weighted by atomic mass is 35.5. The summed E-state index contributed by atoms with van der Waals surface area (Å²) in [6.45, 7) is 2.52. The highest BCUT2D eigenvalue weighted by Crippen LogP contribution is 2.31. The van der Waals surface area contributed by atoms with Gasteiger partial charge in [0.1, 0.15) is 12.1 Å². The maximum atomic E-state index is 6.49. The van der Waals surface area contributed by atoms with Crippen molar-refractivity contribution >= 4 is 50.0 Å². The molecule has 0 aliphatic rings. The van der Waals surface area contributed by atoms with Crippen LogP contribution in [-0.2, 0) is 6.54 Å². The van der Waals surface area contributed by atoms with E-state index in [0.29, 0.717) is 11.6 Å². The smallest absolute Gasteiger partial charge is 0.147 e. The number of nitrogens with zero attached hydrogens (tertiary/aromatic N) is 4. The molecule has 29 heavy (non-hydrogen) atoms. The molecule has 0 radical (unpaired) electrons. The van der Waals surface area contributed by atoms with Gasteiger partial charge >= 0.3 is 0 Å². The van der Waals surface area contributed by atoms with Crippen LogP contribution in [0.15, 0.2) is 60.2 Å². The van der Waals surface area contributed by atoms with Gasteiger partial charge in [-0.05, 0) is 36.1 Å². The lowest BCUT2D eigenvalue weighted by atomic mass is 10.1. The van der Waals surface area contributed by atoms with Crippen molar-refractivity contribution in [2.75, 3.05) is 5.32 Å². The van der Waals surface area contributed by atoms with Crippen molar-refractivity contribution in [3.63, 3.8) is 0 Å². The summed E-state index contributed by atoms with van der Waals surface area (Å²) in [5.74, 6) is 0.793. The Hall–Kier alpha value is -3.09. The normalized spacial score (nSPS) is 11.2. The van der Waals surface area contributed by atoms with Gasteiger partial charge in [0.2, 0.25) is 0 Å². The van der Waals surface area contributed by atoms with Gasteiger partial charge in [0.15, 0.2) is 0 Å². The molecule has 0 spiro atoms. The van der Waals surface area contributed by atoms with Gasteiger partial charge in [0, 0.05) is 5.56 Å². The molecule has 3 heterocycles. The van der Waals surface area contributed by atoms with Crippen LogP contribution >= 0.6 is 22.9 Å². The van der Waals surface area contributed by atoms with Crippen molar-refractivity contribution in [2.24, 2.45) is 0 Å². The minimum Gasteiger partial charge on any atom is -0.363 e. The number of thiophene rings is 1. The van der Waals surface area contributed by atoms with Crippen LogP contribution in [0, 0.1) is 6.92 Å². The van der Waals surface area contributed by atoms with Crippen molar-refractivity contribution in [3.8, 4) is 11.3 Å². The average molecular weight is 418 g/mol. The number of nitrogens with one attached hydrogen (secondary N) is 1. The van der Waals surface area contributed by atoms with Crippen LogP contribution in [0.2, 0.25) is 5.02 Å². The molecule has 2 aromatic carbocycles. The molecule has 3 aromatic heterocycles. The van der Waals surface area contributed by atoms with E-state index in [0.717, 1.165) is 49.6 Å². The fourth-order valence-corrected chi connectivity index (χ4v) is 4.36. The number of fused-ring (bicyclic) bond motifs is 2. The molecule has 0 saturated carbocycles. The molecule has 0 saturated heterocycles. The minimum atomic E-state index is 0.474. The maximum Gasteiger partial charge on any atom is 0.147 e. The molecule has 0 unspecified atom stereocenters. The van der Waals surface area contributed by atoms with Crippen LogP contribution in [0.1, 0.15) is 11.3 Å². The van der Waals surface area contributed by atoms with Crippen molar-refractivity contribution in [1.82, 2.24) is 19.9 Å². The average Bonchev–Trinajstić information content (AvgIpc) is 3.22. The van der Waals surface area contributed by atoms with Crippen LogP contribution in [0.4, 0.5) is 5.82 Å². The van der Waals surface area contributed by atoms with E-state index in [4.69, 9.17) is 21.6 Å². The molecule has 0 aliphatic heterocycles. The Labute approximate surface area is 176 Å². The zero-order valence-electron chi connectivity index (χ0n) is 15.6. The standard InChI is InChI=1S/C22H16ClN5S/c1-13-5-4-8-16-19(13)28-18(20(27-16)14-6-2-3-7-15(14)23)11-24-22-21-17(9-10-29-21)25-12-26-22/h2-10,12H,11H2,1H3,(H,24,25,26). The van der Waals surface area contributed by atoms with Crippen molar-refractivity contribution in [2.45, 2.75) is 13.5 Å². The molecule has 0 atom stereocenters. The van der Waals surface area contributed by atoms with Crippen molar-refractivity contribution in [1.29, 1.82) is 0 Å². The van der Waals surface area contributed by atoms with E-state index < -0.39 is 0 Å². The first-order valence-corrected chi connectivity index (χ1v) is 10.4. The zero-order valence-corrected chi connectivity index (χ0v) is 17.1. The molecular weight excluding hydrogens is 402 g/mol. The van der Waals surface area contributed by atoms with E-state index in [1.807, 2.05) is 60.8 Å². The summed E-state index contributed by atoms with van der Waals surface area (Å²) in [5, 5.41) is 6.08. The summed E-state index contributed by atoms with van der Waals surface area (Å²) >= 11 is 8.10. The second-order valence-electron chi connectivity index (χ2n) is 6.65. The molecule has 1 N–H and O–H groups in total. The molecule has 7 heteroatoms. The van der Waals surface area contributed by atoms with Crippen LogP contribution in [-0.4, -0.2) is 19.9 Å². The summed E-state index contributed by atoms with van der Waals surface area (Å²) in [5.41, 5.74) is 6.23. The number of benzene rings is 2. The van der Waals surface area contributed by atoms with E-state index in [9.17, 15) is 0 Å². The molecule has 0 bridgehead atoms. The van der Waals surface area contributed by atoms with Gasteiger partial charge in [-0.3, -0.25) is 0 Å². The van der Waals surface area contributed by atoms with E-state index >= 15 is 0 Å². The Bertz CT molecular complexity index is 1350. The van der Waals surface area contributed by atoms with Gasteiger partial charge in [-0.15, -0.1) is 11.3 Å². The van der Waals surface area contributed by atoms with Crippen LogP contribution < -0.4 is 5.32 Å². The zero-order chi connectivity index (χ0) is 19.8. The number of halogens is 1. The predicted octanol–water partition coefficient (Wildman–Crippen LogP) is 5.88. The third-order valence-electron chi connectivity index (χ3n) is 4.76. The third kappa shape index (κ3) is 3.30. The summed E-state index contributed by atoms with van der Waals surface area (Å²) < 4.78 is 1.02. The monoisotopic (exact) mass is 417 g/mol. The summed E-state index contributed by atoms with van der Waals surface area (Å²) in [4.78, 5) is 18.6. The minimum absolute atomic E-state index is 0.474. The quantitative estimate of drug-likeness (QED) is 0.396. The second-order valence-corrected chi connectivity index (χ2v) is 7.98. The summed E-state index contributed by atoms with van der Waals surface area (Å²) in [6.07, 6.45) is 1.57. The number of aryl methyl sites for hydroxylation is 1. The van der Waals surface area contributed by atoms with Gasteiger partial charge < -0.3 is 5.32 Å². The van der Waals surface area contributed by atoms with Crippen molar-refractivity contribution in [3.05, 3.63) is 76.5 Å². The van der Waals surface area contributed by atoms with Gasteiger partial charge in [-0.1, -0.05) is 41.9 Å². The summed E-state index contributed by atoms with van der Waals surface area (Å²) in [7, 11) is 0. The Balaban J connectivity index is 1.63. The Morgan fingerprint density at radius 2 is 1.86 bits per heavy atom. The number of para-hydroxylation sites is 1. The molecule has 0 fully saturated rings. The first-order valence-electron chi connectivity index (χ1n) is 9.14. The van der Waals surface area contributed by atoms with Gasteiger partial charge in [0.25, 0.3) is 0 Å². The van der Waals surface area contributed by atoms with Gasteiger partial charge in [-0.2, -0.15) is 0 Å². The molecule has 0 amide bonds. The van der Waals surface area contributed by atoms with Crippen LogP contribution in [0.5, 0.6) is 0 Å². The number of anilines is 1. The van der Waals surface area contributed by atoms with Crippen LogP contribution in [0.3, 0.4) is 0 Å². The maximum absolute atomic E-state index is 6.49. The van der Waals surface area contributed by atoms with Gasteiger partial charge in [0.05, 0.1) is 44.2 Å². The van der Waals surface area contributed by atoms with Gasteiger partial charge in [-0.25, -0.2) is 19.9 Å². The summed E-state index contributed by atoms with van der Waals surface area (Å²) in [6, 6.07) is 15.7. The highest BCUT2D eigenvalue weighted by Gasteiger charge is 2.15. The Morgan fingerprint density at radius 1 is 0.966 bits per heavy atom. The lowest BCUT2D eigenvalue weighted by Crippen LogP contribution is -2.08. The fraction of sp³-hybridized carbons (Fsp3) is 0.0909. The first-order chi connectivity index (χ1) is 14.2. The number of aromatic nitrogens is 4. The SMILES string of the molecule is Cc1cccc2nc(-c3ccccc3Cl)c(CNc3ncnc4ccsc34)nc12. The Kier molecular flexibility index (Phi) is 4.58. The first kappa shape index (κ1) is 18.0. The molecular formula is C22H16ClN5S. The van der Waals surface area contributed by atoms with Crippen LogP contribution in [0.25, 0.3) is 32.5 Å². The predicted molar refractivity (Wildman–Crippen MR) is 119 cm³/mol. The van der Waals surface area contributed by atoms with E-state index in [1.54, 1.807) is 17.7 Å². The molecule has 142 valence electrons. The molecule has 5 rings (SSSR count). The lowest BCUT2D eigenvalue weighted by Gasteiger charge is -2.13. The van der Waals surface area contributed by atoms with E-state index in [1.165, 1.54) is 0 Å². The number of hydrogen-bond acceptors (Lipinski definition) is 6. The van der Waals surface area contributed by atoms with E-state index in [2.05, 4.69) is 15.3 Å². The number of rotatable bonds is 4. The third-order valence-corrected chi connectivity index (χ3v) is 6.00. The second kappa shape index (κ2) is 7.39. The number of hydrogen-bond donors (Lipinski definition) is 1. The molecule has 5 nitrogen and oxygen atoms in total.